The Morgan fingerprint density at radius 3 is 2.44 bits per heavy atom. The molecular weight excluding hydrogens is 363 g/mol. The van der Waals surface area contributed by atoms with Gasteiger partial charge in [-0.15, -0.1) is 24.8 Å². The Morgan fingerprint density at radius 1 is 1.28 bits per heavy atom. The van der Waals surface area contributed by atoms with E-state index in [4.69, 9.17) is 4.74 Å². The monoisotopic (exact) mass is 392 g/mol. The molecule has 2 aliphatic rings. The molecule has 8 heteroatoms. The van der Waals surface area contributed by atoms with Gasteiger partial charge >= 0.3 is 0 Å². The summed E-state index contributed by atoms with van der Waals surface area (Å²) >= 11 is 0. The van der Waals surface area contributed by atoms with Crippen LogP contribution in [-0.4, -0.2) is 52.9 Å². The lowest BCUT2D eigenvalue weighted by Gasteiger charge is -2.39. The van der Waals surface area contributed by atoms with Crippen molar-refractivity contribution in [3.8, 4) is 0 Å². The van der Waals surface area contributed by atoms with E-state index in [0.29, 0.717) is 0 Å². The van der Waals surface area contributed by atoms with Crippen LogP contribution in [0.25, 0.3) is 0 Å². The largest absolute Gasteiger partial charge is 0.368 e. The topological polar surface area (TPSA) is 59.4 Å². The summed E-state index contributed by atoms with van der Waals surface area (Å²) in [6, 6.07) is 0.137. The van der Waals surface area contributed by atoms with E-state index < -0.39 is 5.60 Å². The third-order valence-electron chi connectivity index (χ3n) is 5.60. The van der Waals surface area contributed by atoms with Gasteiger partial charge in [-0.05, 0) is 52.6 Å². The molecule has 1 atom stereocenters. The molecule has 0 spiro atoms. The third-order valence-corrected chi connectivity index (χ3v) is 5.60. The smallest absolute Gasteiger partial charge is 0.255 e. The average molecular weight is 393 g/mol. The minimum atomic E-state index is -0.655. The number of hydrogen-bond acceptors (Lipinski definition) is 4. The van der Waals surface area contributed by atoms with Gasteiger partial charge in [0.05, 0.1) is 11.7 Å². The SMILES string of the molecule is COC1(C(=O)N2CCCC2c2c(C)nn(C)c2C)CCNCC1.Cl.Cl. The number of halogens is 2. The second kappa shape index (κ2) is 8.71. The molecule has 0 aliphatic carbocycles. The van der Waals surface area contributed by atoms with Crippen molar-refractivity contribution >= 4 is 30.7 Å². The van der Waals surface area contributed by atoms with Crippen molar-refractivity contribution in [2.24, 2.45) is 7.05 Å². The average Bonchev–Trinajstić information content (AvgIpc) is 3.12. The van der Waals surface area contributed by atoms with E-state index in [2.05, 4.69) is 17.3 Å². The molecule has 1 aromatic heterocycles. The summed E-state index contributed by atoms with van der Waals surface area (Å²) < 4.78 is 7.67. The predicted molar refractivity (Wildman–Crippen MR) is 103 cm³/mol. The lowest BCUT2D eigenvalue weighted by Crippen LogP contribution is -2.55. The first-order valence-electron chi connectivity index (χ1n) is 8.57. The van der Waals surface area contributed by atoms with Crippen LogP contribution < -0.4 is 5.32 Å². The number of carbonyl (C=O) groups is 1. The maximum absolute atomic E-state index is 13.3. The molecule has 1 amide bonds. The molecule has 3 heterocycles. The van der Waals surface area contributed by atoms with Crippen molar-refractivity contribution in [3.63, 3.8) is 0 Å². The minimum Gasteiger partial charge on any atom is -0.368 e. The van der Waals surface area contributed by atoms with Crippen molar-refractivity contribution in [2.75, 3.05) is 26.7 Å². The zero-order valence-electron chi connectivity index (χ0n) is 15.5. The molecule has 25 heavy (non-hydrogen) atoms. The quantitative estimate of drug-likeness (QED) is 0.856. The van der Waals surface area contributed by atoms with Crippen LogP contribution in [0.1, 0.15) is 48.7 Å². The number of aromatic nitrogens is 2. The van der Waals surface area contributed by atoms with Crippen LogP contribution in [0, 0.1) is 13.8 Å². The summed E-state index contributed by atoms with van der Waals surface area (Å²) in [4.78, 5) is 15.4. The third kappa shape index (κ3) is 3.82. The number of rotatable bonds is 3. The highest BCUT2D eigenvalue weighted by molar-refractivity contribution is 5.86. The summed E-state index contributed by atoms with van der Waals surface area (Å²) in [6.45, 7) is 6.62. The van der Waals surface area contributed by atoms with Crippen molar-refractivity contribution in [1.29, 1.82) is 0 Å². The zero-order chi connectivity index (χ0) is 16.6. The number of ether oxygens (including phenoxy) is 1. The molecule has 2 aliphatic heterocycles. The minimum absolute atomic E-state index is 0. The molecule has 144 valence electrons. The second-order valence-corrected chi connectivity index (χ2v) is 6.81. The summed E-state index contributed by atoms with van der Waals surface area (Å²) in [7, 11) is 3.64. The molecule has 2 fully saturated rings. The van der Waals surface area contributed by atoms with E-state index in [1.54, 1.807) is 7.11 Å². The highest BCUT2D eigenvalue weighted by Crippen LogP contribution is 2.38. The highest BCUT2D eigenvalue weighted by Gasteiger charge is 2.46. The molecule has 1 N–H and O–H groups in total. The summed E-state index contributed by atoms with van der Waals surface area (Å²) in [5, 5.41) is 7.86. The Bertz CT molecular complexity index is 600. The van der Waals surface area contributed by atoms with Gasteiger partial charge < -0.3 is 15.0 Å². The molecule has 0 bridgehead atoms. The predicted octanol–water partition coefficient (Wildman–Crippen LogP) is 2.31. The Kier molecular flexibility index (Phi) is 7.74. The van der Waals surface area contributed by atoms with Crippen LogP contribution in [-0.2, 0) is 16.6 Å². The first kappa shape index (κ1) is 22.2. The Labute approximate surface area is 162 Å². The molecule has 1 aromatic rings. The van der Waals surface area contributed by atoms with Crippen LogP contribution >= 0.6 is 24.8 Å². The number of amides is 1. The number of piperidine rings is 1. The first-order valence-corrected chi connectivity index (χ1v) is 8.57. The van der Waals surface area contributed by atoms with Gasteiger partial charge in [0, 0.05) is 32.0 Å². The number of nitrogens with one attached hydrogen (secondary N) is 1. The van der Waals surface area contributed by atoms with Crippen LogP contribution in [0.5, 0.6) is 0 Å². The number of methoxy groups -OCH3 is 1. The van der Waals surface area contributed by atoms with Gasteiger partial charge in [-0.1, -0.05) is 0 Å². The number of hydrogen-bond donors (Lipinski definition) is 1. The van der Waals surface area contributed by atoms with Crippen molar-refractivity contribution < 1.29 is 9.53 Å². The van der Waals surface area contributed by atoms with Gasteiger partial charge in [0.1, 0.15) is 5.60 Å². The van der Waals surface area contributed by atoms with E-state index in [-0.39, 0.29) is 36.8 Å². The zero-order valence-corrected chi connectivity index (χ0v) is 17.1. The lowest BCUT2D eigenvalue weighted by molar-refractivity contribution is -0.159. The number of nitrogens with zero attached hydrogens (tertiary/aromatic N) is 3. The maximum Gasteiger partial charge on any atom is 0.255 e. The molecular formula is C17H30Cl2N4O2. The lowest BCUT2D eigenvalue weighted by atomic mass is 9.89. The van der Waals surface area contributed by atoms with Crippen LogP contribution in [0.3, 0.4) is 0 Å². The summed E-state index contributed by atoms with van der Waals surface area (Å²) in [5.74, 6) is 0.159. The van der Waals surface area contributed by atoms with Crippen molar-refractivity contribution in [3.05, 3.63) is 17.0 Å². The fourth-order valence-electron chi connectivity index (χ4n) is 4.18. The van der Waals surface area contributed by atoms with E-state index in [0.717, 1.165) is 56.7 Å². The molecule has 0 aromatic carbocycles. The van der Waals surface area contributed by atoms with Crippen LogP contribution in [0.15, 0.2) is 0 Å². The van der Waals surface area contributed by atoms with Gasteiger partial charge in [-0.25, -0.2) is 0 Å². The summed E-state index contributed by atoms with van der Waals surface area (Å²) in [6.07, 6.45) is 3.55. The van der Waals surface area contributed by atoms with Crippen LogP contribution in [0.2, 0.25) is 0 Å². The molecule has 2 saturated heterocycles. The summed E-state index contributed by atoms with van der Waals surface area (Å²) in [5.41, 5.74) is 2.76. The fourth-order valence-corrected chi connectivity index (χ4v) is 4.18. The van der Waals surface area contributed by atoms with E-state index >= 15 is 0 Å². The van der Waals surface area contributed by atoms with Gasteiger partial charge in [0.15, 0.2) is 0 Å². The van der Waals surface area contributed by atoms with Crippen molar-refractivity contribution in [2.45, 2.75) is 51.2 Å². The van der Waals surface area contributed by atoms with Gasteiger partial charge in [-0.2, -0.15) is 5.10 Å². The first-order chi connectivity index (χ1) is 11.0. The highest BCUT2D eigenvalue weighted by atomic mass is 35.5. The standard InChI is InChI=1S/C17H28N4O2.2ClH/c1-12-15(13(2)20(3)19-12)14-6-5-11-21(14)16(22)17(23-4)7-9-18-10-8-17;;/h14,18H,5-11H2,1-4H3;2*1H. The van der Waals surface area contributed by atoms with E-state index in [1.807, 2.05) is 23.6 Å². The van der Waals surface area contributed by atoms with Crippen LogP contribution in [0.4, 0.5) is 0 Å². The Hall–Kier alpha value is -0.820. The van der Waals surface area contributed by atoms with Gasteiger partial charge in [0.25, 0.3) is 5.91 Å². The van der Waals surface area contributed by atoms with Crippen molar-refractivity contribution in [1.82, 2.24) is 20.0 Å². The van der Waals surface area contributed by atoms with E-state index in [1.165, 1.54) is 5.56 Å². The molecule has 0 radical (unpaired) electrons. The molecule has 1 unspecified atom stereocenters. The molecule has 3 rings (SSSR count). The molecule has 6 nitrogen and oxygen atoms in total. The normalized spacial score (nSPS) is 22.2. The number of aryl methyl sites for hydroxylation is 2. The number of likely N-dealkylation sites (tertiary alicyclic amines) is 1. The van der Waals surface area contributed by atoms with E-state index in [9.17, 15) is 4.79 Å². The fraction of sp³-hybridized carbons (Fsp3) is 0.765. The Balaban J connectivity index is 0.00000156. The molecule has 0 saturated carbocycles. The number of carbonyl (C=O) groups excluding carboxylic acids is 1. The maximum atomic E-state index is 13.3. The Morgan fingerprint density at radius 2 is 1.92 bits per heavy atom. The van der Waals surface area contributed by atoms with Gasteiger partial charge in [0.2, 0.25) is 0 Å². The van der Waals surface area contributed by atoms with Gasteiger partial charge in [-0.3, -0.25) is 9.48 Å². The second-order valence-electron chi connectivity index (χ2n) is 6.81.